The molecule has 0 aromatic heterocycles. The van der Waals surface area contributed by atoms with Gasteiger partial charge in [0.15, 0.2) is 0 Å². The molecule has 1 unspecified atom stereocenters. The van der Waals surface area contributed by atoms with Crippen LogP contribution in [-0.4, -0.2) is 29.3 Å². The fourth-order valence-electron chi connectivity index (χ4n) is 1.73. The van der Waals surface area contributed by atoms with Gasteiger partial charge in [-0.2, -0.15) is 13.2 Å². The quantitative estimate of drug-likeness (QED) is 0.759. The standard InChI is InChI=1S/C14H18F3NO2/c1-13(12(19)20,14(15,16)17)18-10-6-5-9-11-7-3-2-4-8-11/h2-4,7-8,18H,5-6,9-10H2,1H3,(H,19,20). The van der Waals surface area contributed by atoms with E-state index in [-0.39, 0.29) is 6.54 Å². The van der Waals surface area contributed by atoms with Crippen molar-refractivity contribution >= 4 is 5.97 Å². The van der Waals surface area contributed by atoms with Crippen molar-refractivity contribution in [2.45, 2.75) is 37.9 Å². The van der Waals surface area contributed by atoms with E-state index < -0.39 is 17.7 Å². The van der Waals surface area contributed by atoms with Crippen LogP contribution in [0.5, 0.6) is 0 Å². The predicted octanol–water partition coefficient (Wildman–Crippen LogP) is 3.00. The van der Waals surface area contributed by atoms with Crippen LogP contribution in [0.25, 0.3) is 0 Å². The molecule has 20 heavy (non-hydrogen) atoms. The molecule has 0 aliphatic rings. The summed E-state index contributed by atoms with van der Waals surface area (Å²) in [6.45, 7) is 0.654. The summed E-state index contributed by atoms with van der Waals surface area (Å²) >= 11 is 0. The highest BCUT2D eigenvalue weighted by Gasteiger charge is 2.56. The number of carbonyl (C=O) groups is 1. The van der Waals surface area contributed by atoms with Crippen LogP contribution in [0.15, 0.2) is 30.3 Å². The second-order valence-electron chi connectivity index (χ2n) is 4.80. The van der Waals surface area contributed by atoms with Crippen LogP contribution >= 0.6 is 0 Å². The van der Waals surface area contributed by atoms with Crippen molar-refractivity contribution in [1.29, 1.82) is 0 Å². The van der Waals surface area contributed by atoms with Gasteiger partial charge in [0.05, 0.1) is 0 Å². The number of carboxylic acid groups (broad SMARTS) is 1. The van der Waals surface area contributed by atoms with E-state index in [1.165, 1.54) is 0 Å². The number of rotatable bonds is 7. The Morgan fingerprint density at radius 3 is 2.30 bits per heavy atom. The van der Waals surface area contributed by atoms with Gasteiger partial charge in [-0.05, 0) is 38.3 Å². The Labute approximate surface area is 115 Å². The molecule has 1 rings (SSSR count). The lowest BCUT2D eigenvalue weighted by Crippen LogP contribution is -2.60. The molecule has 0 bridgehead atoms. The Balaban J connectivity index is 2.37. The van der Waals surface area contributed by atoms with E-state index in [9.17, 15) is 18.0 Å². The molecule has 0 saturated heterocycles. The zero-order valence-corrected chi connectivity index (χ0v) is 11.2. The normalized spacial score (nSPS) is 14.8. The number of halogens is 3. The van der Waals surface area contributed by atoms with E-state index in [4.69, 9.17) is 5.11 Å². The molecule has 1 atom stereocenters. The highest BCUT2D eigenvalue weighted by molar-refractivity contribution is 5.79. The molecule has 6 heteroatoms. The predicted molar refractivity (Wildman–Crippen MR) is 69.5 cm³/mol. The van der Waals surface area contributed by atoms with E-state index in [0.29, 0.717) is 19.8 Å². The van der Waals surface area contributed by atoms with Gasteiger partial charge in [-0.15, -0.1) is 0 Å². The Bertz CT molecular complexity index is 434. The summed E-state index contributed by atoms with van der Waals surface area (Å²) in [5, 5.41) is 10.8. The first-order valence-electron chi connectivity index (χ1n) is 6.36. The van der Waals surface area contributed by atoms with Gasteiger partial charge in [0.1, 0.15) is 0 Å². The van der Waals surface area contributed by atoms with Gasteiger partial charge in [-0.1, -0.05) is 30.3 Å². The van der Waals surface area contributed by atoms with Crippen LogP contribution in [0.2, 0.25) is 0 Å². The van der Waals surface area contributed by atoms with Crippen LogP contribution in [0.3, 0.4) is 0 Å². The van der Waals surface area contributed by atoms with E-state index in [0.717, 1.165) is 12.0 Å². The van der Waals surface area contributed by atoms with E-state index >= 15 is 0 Å². The van der Waals surface area contributed by atoms with Gasteiger partial charge in [0, 0.05) is 0 Å². The molecular formula is C14H18F3NO2. The third-order valence-electron chi connectivity index (χ3n) is 3.21. The molecule has 3 nitrogen and oxygen atoms in total. The van der Waals surface area contributed by atoms with Gasteiger partial charge < -0.3 is 5.11 Å². The molecule has 0 saturated carbocycles. The number of aliphatic carboxylic acids is 1. The SMILES string of the molecule is CC(NCCCCc1ccccc1)(C(=O)O)C(F)(F)F. The highest BCUT2D eigenvalue weighted by atomic mass is 19.4. The van der Waals surface area contributed by atoms with Crippen molar-refractivity contribution in [2.24, 2.45) is 0 Å². The average Bonchev–Trinajstić information content (AvgIpc) is 2.37. The average molecular weight is 289 g/mol. The van der Waals surface area contributed by atoms with Crippen molar-refractivity contribution in [3.05, 3.63) is 35.9 Å². The summed E-state index contributed by atoms with van der Waals surface area (Å²) in [5.74, 6) is -1.91. The minimum Gasteiger partial charge on any atom is -0.480 e. The Hall–Kier alpha value is -1.56. The third-order valence-corrected chi connectivity index (χ3v) is 3.21. The fourth-order valence-corrected chi connectivity index (χ4v) is 1.73. The molecule has 0 radical (unpaired) electrons. The molecule has 0 aliphatic heterocycles. The smallest absolute Gasteiger partial charge is 0.417 e. The summed E-state index contributed by atoms with van der Waals surface area (Å²) in [5.41, 5.74) is -1.77. The maximum absolute atomic E-state index is 12.7. The van der Waals surface area contributed by atoms with Gasteiger partial charge in [0.25, 0.3) is 0 Å². The first-order chi connectivity index (χ1) is 9.27. The molecule has 0 amide bonds. The third kappa shape index (κ3) is 4.23. The monoisotopic (exact) mass is 289 g/mol. The van der Waals surface area contributed by atoms with Crippen LogP contribution in [0.1, 0.15) is 25.3 Å². The first kappa shape index (κ1) is 16.5. The van der Waals surface area contributed by atoms with Gasteiger partial charge >= 0.3 is 12.1 Å². The lowest BCUT2D eigenvalue weighted by molar-refractivity contribution is -0.205. The number of nitrogens with one attached hydrogen (secondary N) is 1. The lowest BCUT2D eigenvalue weighted by atomic mass is 10.0. The number of carboxylic acids is 1. The van der Waals surface area contributed by atoms with Crippen molar-refractivity contribution in [3.8, 4) is 0 Å². The molecule has 2 N–H and O–H groups in total. The fraction of sp³-hybridized carbons (Fsp3) is 0.500. The molecule has 112 valence electrons. The zero-order valence-electron chi connectivity index (χ0n) is 11.2. The zero-order chi connectivity index (χ0) is 15.2. The molecule has 0 aliphatic carbocycles. The molecular weight excluding hydrogens is 271 g/mol. The first-order valence-corrected chi connectivity index (χ1v) is 6.36. The number of aryl methyl sites for hydroxylation is 1. The van der Waals surface area contributed by atoms with Crippen molar-refractivity contribution in [1.82, 2.24) is 5.32 Å². The maximum atomic E-state index is 12.7. The largest absolute Gasteiger partial charge is 0.480 e. The lowest BCUT2D eigenvalue weighted by Gasteiger charge is -2.28. The molecule has 1 aromatic rings. The topological polar surface area (TPSA) is 49.3 Å². The summed E-state index contributed by atoms with van der Waals surface area (Å²) < 4.78 is 38.1. The Morgan fingerprint density at radius 2 is 1.80 bits per heavy atom. The molecule has 0 heterocycles. The van der Waals surface area contributed by atoms with Crippen LogP contribution in [-0.2, 0) is 11.2 Å². The van der Waals surface area contributed by atoms with E-state index in [2.05, 4.69) is 5.32 Å². The summed E-state index contributed by atoms with van der Waals surface area (Å²) in [7, 11) is 0. The summed E-state index contributed by atoms with van der Waals surface area (Å²) in [6, 6.07) is 9.60. The Kier molecular flexibility index (Phi) is 5.56. The number of benzene rings is 1. The number of unbranched alkanes of at least 4 members (excludes halogenated alkanes) is 1. The molecule has 0 fully saturated rings. The highest BCUT2D eigenvalue weighted by Crippen LogP contribution is 2.30. The van der Waals surface area contributed by atoms with Gasteiger partial charge in [0.2, 0.25) is 5.54 Å². The van der Waals surface area contributed by atoms with E-state index in [1.54, 1.807) is 0 Å². The Morgan fingerprint density at radius 1 is 1.20 bits per heavy atom. The number of alkyl halides is 3. The number of hydrogen-bond acceptors (Lipinski definition) is 2. The maximum Gasteiger partial charge on any atom is 0.417 e. The van der Waals surface area contributed by atoms with Crippen molar-refractivity contribution < 1.29 is 23.1 Å². The molecule has 0 spiro atoms. The van der Waals surface area contributed by atoms with E-state index in [1.807, 2.05) is 30.3 Å². The minimum atomic E-state index is -4.82. The van der Waals surface area contributed by atoms with Crippen molar-refractivity contribution in [2.75, 3.05) is 6.54 Å². The molecule has 1 aromatic carbocycles. The van der Waals surface area contributed by atoms with Crippen molar-refractivity contribution in [3.63, 3.8) is 0 Å². The summed E-state index contributed by atoms with van der Waals surface area (Å²) in [6.07, 6.45) is -2.88. The van der Waals surface area contributed by atoms with Crippen LogP contribution in [0.4, 0.5) is 13.2 Å². The minimum absolute atomic E-state index is 0.00907. The number of hydrogen-bond donors (Lipinski definition) is 2. The van der Waals surface area contributed by atoms with Crippen LogP contribution in [0, 0.1) is 0 Å². The second-order valence-corrected chi connectivity index (χ2v) is 4.80. The second kappa shape index (κ2) is 6.74. The summed E-state index contributed by atoms with van der Waals surface area (Å²) in [4.78, 5) is 10.8. The van der Waals surface area contributed by atoms with Crippen LogP contribution < -0.4 is 5.32 Å². The van der Waals surface area contributed by atoms with Gasteiger partial charge in [-0.3, -0.25) is 5.32 Å². The van der Waals surface area contributed by atoms with Gasteiger partial charge in [-0.25, -0.2) is 4.79 Å².